The van der Waals surface area contributed by atoms with Crippen LogP contribution >= 0.6 is 0 Å². The monoisotopic (exact) mass is 388 g/mol. The number of carbonyl (C=O) groups excluding carboxylic acids is 1. The smallest absolute Gasteiger partial charge is 0.228 e. The molecule has 0 aliphatic carbocycles. The number of para-hydroxylation sites is 2. The second-order valence-corrected chi connectivity index (χ2v) is 8.06. The number of piperidine rings is 1. The molecule has 148 valence electrons. The molecule has 0 saturated carbocycles. The Morgan fingerprint density at radius 1 is 1.21 bits per heavy atom. The van der Waals surface area contributed by atoms with Crippen LogP contribution in [0.1, 0.15) is 41.4 Å². The second kappa shape index (κ2) is 7.03. The van der Waals surface area contributed by atoms with E-state index in [4.69, 9.17) is 9.51 Å². The lowest BCUT2D eigenvalue weighted by Crippen LogP contribution is -2.39. The van der Waals surface area contributed by atoms with Crippen molar-refractivity contribution in [3.8, 4) is 0 Å². The molecule has 1 aliphatic heterocycles. The number of fused-ring (bicyclic) bond motifs is 2. The Balaban J connectivity index is 1.27. The van der Waals surface area contributed by atoms with Gasteiger partial charge in [-0.3, -0.25) is 4.79 Å². The van der Waals surface area contributed by atoms with Crippen LogP contribution in [0, 0.1) is 13.8 Å². The van der Waals surface area contributed by atoms with E-state index in [0.717, 1.165) is 70.6 Å². The van der Waals surface area contributed by atoms with Crippen molar-refractivity contribution in [3.05, 3.63) is 59.0 Å². The highest BCUT2D eigenvalue weighted by Crippen LogP contribution is 2.29. The third-order valence-electron chi connectivity index (χ3n) is 5.95. The molecule has 1 saturated heterocycles. The van der Waals surface area contributed by atoms with E-state index in [2.05, 4.69) is 22.3 Å². The first-order chi connectivity index (χ1) is 14.1. The molecule has 1 N–H and O–H groups in total. The summed E-state index contributed by atoms with van der Waals surface area (Å²) in [6.45, 7) is 5.56. The summed E-state index contributed by atoms with van der Waals surface area (Å²) in [7, 11) is 0. The zero-order valence-electron chi connectivity index (χ0n) is 16.7. The van der Waals surface area contributed by atoms with Crippen LogP contribution in [0.2, 0.25) is 0 Å². The number of amides is 1. The number of aromatic amines is 1. The summed E-state index contributed by atoms with van der Waals surface area (Å²) in [5, 5.41) is 5.15. The van der Waals surface area contributed by atoms with Crippen molar-refractivity contribution in [3.63, 3.8) is 0 Å². The number of nitrogens with one attached hydrogen (secondary N) is 1. The van der Waals surface area contributed by atoms with Gasteiger partial charge < -0.3 is 14.4 Å². The Labute approximate surface area is 168 Å². The largest absolute Gasteiger partial charge is 0.356 e. The zero-order valence-corrected chi connectivity index (χ0v) is 16.7. The quantitative estimate of drug-likeness (QED) is 0.569. The number of H-pyrrole nitrogens is 1. The standard InChI is InChI=1S/C23H24N4O2/c1-14-11-15(2)22-19(26-29-20(22)12-14)13-21(28)27-9-7-16(8-10-27)23-24-17-5-3-4-6-18(17)25-23/h3-6,11-12,16H,7-10,13H2,1-2H3,(H,24,25). The molecular formula is C23H24N4O2. The number of benzene rings is 2. The van der Waals surface area contributed by atoms with Crippen LogP contribution < -0.4 is 0 Å². The van der Waals surface area contributed by atoms with E-state index >= 15 is 0 Å². The van der Waals surface area contributed by atoms with Crippen molar-refractivity contribution in [2.45, 2.75) is 39.0 Å². The predicted molar refractivity (Wildman–Crippen MR) is 112 cm³/mol. The van der Waals surface area contributed by atoms with Gasteiger partial charge in [0.05, 0.1) is 17.5 Å². The SMILES string of the molecule is Cc1cc(C)c2c(CC(=O)N3CCC(c4nc5ccccc5[nH]4)CC3)noc2c1. The predicted octanol–water partition coefficient (Wildman–Crippen LogP) is 4.27. The fraction of sp³-hybridized carbons (Fsp3) is 0.348. The third-order valence-corrected chi connectivity index (χ3v) is 5.95. The Hall–Kier alpha value is -3.15. The van der Waals surface area contributed by atoms with Gasteiger partial charge in [0.15, 0.2) is 5.58 Å². The lowest BCUT2D eigenvalue weighted by atomic mass is 9.95. The summed E-state index contributed by atoms with van der Waals surface area (Å²) in [6.07, 6.45) is 2.12. The minimum absolute atomic E-state index is 0.114. The molecule has 6 heteroatoms. The lowest BCUT2D eigenvalue weighted by Gasteiger charge is -2.31. The van der Waals surface area contributed by atoms with Crippen molar-refractivity contribution in [1.82, 2.24) is 20.0 Å². The normalized spacial score (nSPS) is 15.4. The molecule has 29 heavy (non-hydrogen) atoms. The van der Waals surface area contributed by atoms with Gasteiger partial charge in [0.2, 0.25) is 5.91 Å². The number of aromatic nitrogens is 3. The van der Waals surface area contributed by atoms with Gasteiger partial charge >= 0.3 is 0 Å². The first kappa shape index (κ1) is 17.9. The zero-order chi connectivity index (χ0) is 20.0. The van der Waals surface area contributed by atoms with Gasteiger partial charge in [-0.1, -0.05) is 23.4 Å². The maximum Gasteiger partial charge on any atom is 0.228 e. The van der Waals surface area contributed by atoms with E-state index in [1.54, 1.807) is 0 Å². The Kier molecular flexibility index (Phi) is 4.34. The first-order valence-electron chi connectivity index (χ1n) is 10.2. The summed E-state index contributed by atoms with van der Waals surface area (Å²) in [5.41, 5.74) is 5.81. The molecule has 0 radical (unpaired) electrons. The summed E-state index contributed by atoms with van der Waals surface area (Å²) in [5.74, 6) is 1.51. The maximum absolute atomic E-state index is 12.9. The van der Waals surface area contributed by atoms with Crippen molar-refractivity contribution >= 4 is 27.9 Å². The highest BCUT2D eigenvalue weighted by molar-refractivity contribution is 5.88. The summed E-state index contributed by atoms with van der Waals surface area (Å²) in [4.78, 5) is 23.0. The van der Waals surface area contributed by atoms with Gasteiger partial charge in [-0.15, -0.1) is 0 Å². The minimum atomic E-state index is 0.114. The average molecular weight is 388 g/mol. The van der Waals surface area contributed by atoms with Crippen molar-refractivity contribution in [2.75, 3.05) is 13.1 Å². The van der Waals surface area contributed by atoms with Crippen molar-refractivity contribution in [2.24, 2.45) is 0 Å². The Bertz CT molecular complexity index is 1170. The number of rotatable bonds is 3. The van der Waals surface area contributed by atoms with Gasteiger partial charge in [-0.2, -0.15) is 0 Å². The number of aryl methyl sites for hydroxylation is 2. The van der Waals surface area contributed by atoms with Crippen molar-refractivity contribution in [1.29, 1.82) is 0 Å². The number of nitrogens with zero attached hydrogens (tertiary/aromatic N) is 3. The lowest BCUT2D eigenvalue weighted by molar-refractivity contribution is -0.131. The van der Waals surface area contributed by atoms with E-state index in [1.165, 1.54) is 0 Å². The van der Waals surface area contributed by atoms with Gasteiger partial charge in [0.1, 0.15) is 11.5 Å². The molecule has 1 fully saturated rings. The Morgan fingerprint density at radius 2 is 2.00 bits per heavy atom. The molecule has 0 spiro atoms. The van der Waals surface area contributed by atoms with Crippen LogP contribution in [0.15, 0.2) is 40.9 Å². The third kappa shape index (κ3) is 3.28. The number of hydrogen-bond acceptors (Lipinski definition) is 4. The van der Waals surface area contributed by atoms with Crippen LogP contribution in [0.3, 0.4) is 0 Å². The highest BCUT2D eigenvalue weighted by atomic mass is 16.5. The molecule has 0 atom stereocenters. The topological polar surface area (TPSA) is 75.0 Å². The fourth-order valence-electron chi connectivity index (χ4n) is 4.46. The molecule has 2 aromatic carbocycles. The highest BCUT2D eigenvalue weighted by Gasteiger charge is 2.27. The molecule has 1 aliphatic rings. The van der Waals surface area contributed by atoms with Gasteiger partial charge in [-0.05, 0) is 56.0 Å². The van der Waals surface area contributed by atoms with E-state index < -0.39 is 0 Å². The van der Waals surface area contributed by atoms with Crippen LogP contribution in [-0.2, 0) is 11.2 Å². The van der Waals surface area contributed by atoms with Crippen molar-refractivity contribution < 1.29 is 9.32 Å². The Morgan fingerprint density at radius 3 is 2.79 bits per heavy atom. The number of hydrogen-bond donors (Lipinski definition) is 1. The second-order valence-electron chi connectivity index (χ2n) is 8.06. The van der Waals surface area contributed by atoms with E-state index in [9.17, 15) is 4.79 Å². The van der Waals surface area contributed by atoms with Gasteiger partial charge in [0.25, 0.3) is 0 Å². The molecule has 4 aromatic rings. The number of likely N-dealkylation sites (tertiary alicyclic amines) is 1. The maximum atomic E-state index is 12.9. The molecular weight excluding hydrogens is 364 g/mol. The van der Waals surface area contributed by atoms with E-state index in [1.807, 2.05) is 43.0 Å². The van der Waals surface area contributed by atoms with Crippen LogP contribution in [0.5, 0.6) is 0 Å². The molecule has 0 bridgehead atoms. The van der Waals surface area contributed by atoms with Crippen LogP contribution in [0.25, 0.3) is 22.0 Å². The molecule has 6 nitrogen and oxygen atoms in total. The van der Waals surface area contributed by atoms with Gasteiger partial charge in [0, 0.05) is 24.4 Å². The van der Waals surface area contributed by atoms with Crippen LogP contribution in [-0.4, -0.2) is 39.0 Å². The molecule has 3 heterocycles. The molecule has 2 aromatic heterocycles. The number of carbonyl (C=O) groups is 1. The van der Waals surface area contributed by atoms with E-state index in [-0.39, 0.29) is 12.3 Å². The van der Waals surface area contributed by atoms with Gasteiger partial charge in [-0.25, -0.2) is 4.98 Å². The fourth-order valence-corrected chi connectivity index (χ4v) is 4.46. The van der Waals surface area contributed by atoms with E-state index in [0.29, 0.717) is 5.92 Å². The molecule has 5 rings (SSSR count). The molecule has 0 unspecified atom stereocenters. The van der Waals surface area contributed by atoms with Crippen LogP contribution in [0.4, 0.5) is 0 Å². The first-order valence-corrected chi connectivity index (χ1v) is 10.2. The summed E-state index contributed by atoms with van der Waals surface area (Å²) >= 11 is 0. The minimum Gasteiger partial charge on any atom is -0.356 e. The summed E-state index contributed by atoms with van der Waals surface area (Å²) in [6, 6.07) is 12.2. The number of imidazole rings is 1. The summed E-state index contributed by atoms with van der Waals surface area (Å²) < 4.78 is 5.47. The molecule has 1 amide bonds. The average Bonchev–Trinajstić information content (AvgIpc) is 3.32.